The van der Waals surface area contributed by atoms with Crippen LogP contribution in [-0.4, -0.2) is 25.5 Å². The molecule has 2 unspecified atom stereocenters. The summed E-state index contributed by atoms with van der Waals surface area (Å²) >= 11 is 0. The van der Waals surface area contributed by atoms with Crippen LogP contribution in [0.4, 0.5) is 0 Å². The zero-order chi connectivity index (χ0) is 14.5. The first-order valence-electron chi connectivity index (χ1n) is 7.66. The van der Waals surface area contributed by atoms with Gasteiger partial charge in [0.25, 0.3) is 5.91 Å². The van der Waals surface area contributed by atoms with Crippen LogP contribution in [0.1, 0.15) is 49.0 Å². The Labute approximate surface area is 122 Å². The van der Waals surface area contributed by atoms with E-state index < -0.39 is 0 Å². The molecule has 3 heteroatoms. The van der Waals surface area contributed by atoms with E-state index in [1.165, 1.54) is 12.0 Å². The molecule has 0 aliphatic carbocycles. The van der Waals surface area contributed by atoms with Gasteiger partial charge in [-0.1, -0.05) is 32.9 Å². The summed E-state index contributed by atoms with van der Waals surface area (Å²) in [6, 6.07) is 7.94. The highest BCUT2D eigenvalue weighted by molar-refractivity contribution is 5.94. The Morgan fingerprint density at radius 2 is 2.05 bits per heavy atom. The zero-order valence-electron chi connectivity index (χ0n) is 12.8. The molecule has 110 valence electrons. The average molecular weight is 274 g/mol. The van der Waals surface area contributed by atoms with Crippen molar-refractivity contribution < 1.29 is 4.79 Å². The molecule has 0 bridgehead atoms. The Hall–Kier alpha value is -1.35. The smallest absolute Gasteiger partial charge is 0.251 e. The molecule has 1 aliphatic rings. The first-order chi connectivity index (χ1) is 9.58. The van der Waals surface area contributed by atoms with Crippen molar-refractivity contribution in [1.82, 2.24) is 10.6 Å². The minimum absolute atomic E-state index is 0.0399. The van der Waals surface area contributed by atoms with Gasteiger partial charge in [0.15, 0.2) is 0 Å². The fraction of sp³-hybridized carbons (Fsp3) is 0.588. The molecule has 0 spiro atoms. The van der Waals surface area contributed by atoms with Gasteiger partial charge in [-0.15, -0.1) is 0 Å². The molecule has 2 atom stereocenters. The lowest BCUT2D eigenvalue weighted by Crippen LogP contribution is -2.42. The van der Waals surface area contributed by atoms with Crippen LogP contribution in [-0.2, 0) is 0 Å². The molecule has 1 aromatic rings. The van der Waals surface area contributed by atoms with Crippen molar-refractivity contribution in [3.8, 4) is 0 Å². The maximum atomic E-state index is 12.1. The van der Waals surface area contributed by atoms with E-state index >= 15 is 0 Å². The summed E-state index contributed by atoms with van der Waals surface area (Å²) in [7, 11) is 0. The SMILES string of the molecule is CC(C)c1ccc(C(=O)NCC2CNCCC2C)cc1. The Bertz CT molecular complexity index is 439. The molecule has 2 N–H and O–H groups in total. The van der Waals surface area contributed by atoms with E-state index in [-0.39, 0.29) is 5.91 Å². The Morgan fingerprint density at radius 1 is 1.35 bits per heavy atom. The zero-order valence-corrected chi connectivity index (χ0v) is 12.8. The van der Waals surface area contributed by atoms with E-state index in [0.29, 0.717) is 17.8 Å². The average Bonchev–Trinajstić information content (AvgIpc) is 2.46. The first kappa shape index (κ1) is 15.0. The Morgan fingerprint density at radius 3 is 2.65 bits per heavy atom. The number of rotatable bonds is 4. The molecule has 0 aromatic heterocycles. The summed E-state index contributed by atoms with van der Waals surface area (Å²) in [6.07, 6.45) is 1.20. The van der Waals surface area contributed by atoms with Crippen LogP contribution in [0.5, 0.6) is 0 Å². The van der Waals surface area contributed by atoms with Crippen molar-refractivity contribution in [3.63, 3.8) is 0 Å². The van der Waals surface area contributed by atoms with E-state index in [1.54, 1.807) is 0 Å². The standard InChI is InChI=1S/C17H26N2O/c1-12(2)14-4-6-15(7-5-14)17(20)19-11-16-10-18-9-8-13(16)3/h4-7,12-13,16,18H,8-11H2,1-3H3,(H,19,20). The predicted molar refractivity (Wildman–Crippen MR) is 83.0 cm³/mol. The number of piperidine rings is 1. The topological polar surface area (TPSA) is 41.1 Å². The fourth-order valence-electron chi connectivity index (χ4n) is 2.67. The number of amides is 1. The van der Waals surface area contributed by atoms with Crippen LogP contribution in [0.2, 0.25) is 0 Å². The predicted octanol–water partition coefficient (Wildman–Crippen LogP) is 2.79. The highest BCUT2D eigenvalue weighted by Gasteiger charge is 2.21. The van der Waals surface area contributed by atoms with Crippen molar-refractivity contribution in [2.75, 3.05) is 19.6 Å². The molecular weight excluding hydrogens is 248 g/mol. The van der Waals surface area contributed by atoms with Crippen molar-refractivity contribution in [2.24, 2.45) is 11.8 Å². The third-order valence-corrected chi connectivity index (χ3v) is 4.35. The van der Waals surface area contributed by atoms with Crippen molar-refractivity contribution >= 4 is 5.91 Å². The third-order valence-electron chi connectivity index (χ3n) is 4.35. The lowest BCUT2D eigenvalue weighted by Gasteiger charge is -2.29. The van der Waals surface area contributed by atoms with Gasteiger partial charge < -0.3 is 10.6 Å². The minimum Gasteiger partial charge on any atom is -0.352 e. The molecule has 1 heterocycles. The van der Waals surface area contributed by atoms with Gasteiger partial charge in [-0.2, -0.15) is 0 Å². The Kier molecular flexibility index (Phi) is 5.18. The highest BCUT2D eigenvalue weighted by Crippen LogP contribution is 2.18. The molecule has 1 aromatic carbocycles. The second-order valence-electron chi connectivity index (χ2n) is 6.22. The van der Waals surface area contributed by atoms with E-state index in [2.05, 4.69) is 31.4 Å². The number of carbonyl (C=O) groups is 1. The second-order valence-corrected chi connectivity index (χ2v) is 6.22. The molecule has 0 radical (unpaired) electrons. The van der Waals surface area contributed by atoms with Gasteiger partial charge in [0.2, 0.25) is 0 Å². The van der Waals surface area contributed by atoms with Crippen molar-refractivity contribution in [1.29, 1.82) is 0 Å². The monoisotopic (exact) mass is 274 g/mol. The summed E-state index contributed by atoms with van der Waals surface area (Å²) in [6.45, 7) is 9.46. The van der Waals surface area contributed by atoms with Crippen LogP contribution in [0.25, 0.3) is 0 Å². The Balaban J connectivity index is 1.88. The van der Waals surface area contributed by atoms with Gasteiger partial charge in [0.05, 0.1) is 0 Å². The highest BCUT2D eigenvalue weighted by atomic mass is 16.1. The van der Waals surface area contributed by atoms with Crippen LogP contribution in [0.3, 0.4) is 0 Å². The molecule has 1 aliphatic heterocycles. The van der Waals surface area contributed by atoms with Crippen LogP contribution >= 0.6 is 0 Å². The lowest BCUT2D eigenvalue weighted by molar-refractivity contribution is 0.0939. The van der Waals surface area contributed by atoms with Crippen molar-refractivity contribution in [2.45, 2.75) is 33.1 Å². The second kappa shape index (κ2) is 6.89. The van der Waals surface area contributed by atoms with Crippen LogP contribution in [0, 0.1) is 11.8 Å². The minimum atomic E-state index is 0.0399. The fourth-order valence-corrected chi connectivity index (χ4v) is 2.67. The molecule has 0 saturated carbocycles. The third kappa shape index (κ3) is 3.83. The molecule has 20 heavy (non-hydrogen) atoms. The van der Waals surface area contributed by atoms with E-state index in [4.69, 9.17) is 0 Å². The largest absolute Gasteiger partial charge is 0.352 e. The molecule has 1 fully saturated rings. The van der Waals surface area contributed by atoms with Crippen molar-refractivity contribution in [3.05, 3.63) is 35.4 Å². The summed E-state index contributed by atoms with van der Waals surface area (Å²) in [4.78, 5) is 12.1. The number of benzene rings is 1. The maximum Gasteiger partial charge on any atom is 0.251 e. The molecule has 3 nitrogen and oxygen atoms in total. The summed E-state index contributed by atoms with van der Waals surface area (Å²) in [5.74, 6) is 1.77. The lowest BCUT2D eigenvalue weighted by atomic mass is 9.88. The summed E-state index contributed by atoms with van der Waals surface area (Å²) in [5.41, 5.74) is 2.03. The number of hydrogen-bond acceptors (Lipinski definition) is 2. The molecule has 1 amide bonds. The van der Waals surface area contributed by atoms with Gasteiger partial charge in [-0.05, 0) is 55.0 Å². The van der Waals surface area contributed by atoms with Gasteiger partial charge >= 0.3 is 0 Å². The van der Waals surface area contributed by atoms with Gasteiger partial charge in [-0.25, -0.2) is 0 Å². The molecule has 2 rings (SSSR count). The quantitative estimate of drug-likeness (QED) is 0.886. The molecule has 1 saturated heterocycles. The van der Waals surface area contributed by atoms with E-state index in [0.717, 1.165) is 25.2 Å². The van der Waals surface area contributed by atoms with Gasteiger partial charge in [0, 0.05) is 12.1 Å². The van der Waals surface area contributed by atoms with Gasteiger partial charge in [-0.3, -0.25) is 4.79 Å². The van der Waals surface area contributed by atoms with Crippen LogP contribution in [0.15, 0.2) is 24.3 Å². The molecular formula is C17H26N2O. The number of carbonyl (C=O) groups excluding carboxylic acids is 1. The maximum absolute atomic E-state index is 12.1. The van der Waals surface area contributed by atoms with E-state index in [9.17, 15) is 4.79 Å². The van der Waals surface area contributed by atoms with Gasteiger partial charge in [0.1, 0.15) is 0 Å². The first-order valence-corrected chi connectivity index (χ1v) is 7.66. The number of hydrogen-bond donors (Lipinski definition) is 2. The summed E-state index contributed by atoms with van der Waals surface area (Å²) in [5, 5.41) is 6.47. The number of nitrogens with one attached hydrogen (secondary N) is 2. The normalized spacial score (nSPS) is 22.8. The summed E-state index contributed by atoms with van der Waals surface area (Å²) < 4.78 is 0. The van der Waals surface area contributed by atoms with E-state index in [1.807, 2.05) is 24.3 Å². The van der Waals surface area contributed by atoms with Crippen LogP contribution < -0.4 is 10.6 Å².